The van der Waals surface area contributed by atoms with Gasteiger partial charge in [0, 0.05) is 13.1 Å². The molecule has 0 saturated heterocycles. The maximum atomic E-state index is 5.67. The maximum Gasteiger partial charge on any atom is 0.137 e. The Hall–Kier alpha value is -2.21. The lowest BCUT2D eigenvalue weighted by molar-refractivity contribution is 0.613. The molecule has 0 aliphatic heterocycles. The van der Waals surface area contributed by atoms with E-state index in [1.54, 1.807) is 11.0 Å². The zero-order valence-corrected chi connectivity index (χ0v) is 10.8. The molecule has 0 saturated carbocycles. The van der Waals surface area contributed by atoms with Crippen LogP contribution in [0.5, 0.6) is 0 Å². The van der Waals surface area contributed by atoms with Gasteiger partial charge in [-0.05, 0) is 24.6 Å². The van der Waals surface area contributed by atoms with E-state index in [9.17, 15) is 0 Å². The molecule has 98 valence electrons. The summed E-state index contributed by atoms with van der Waals surface area (Å²) >= 11 is 0. The zero-order chi connectivity index (χ0) is 13.2. The van der Waals surface area contributed by atoms with Gasteiger partial charge < -0.3 is 10.3 Å². The van der Waals surface area contributed by atoms with Crippen LogP contribution in [0.2, 0.25) is 0 Å². The molecule has 2 aromatic heterocycles. The summed E-state index contributed by atoms with van der Waals surface area (Å²) in [6.45, 7) is 4.15. The first-order valence-electron chi connectivity index (χ1n) is 6.32. The van der Waals surface area contributed by atoms with Crippen molar-refractivity contribution in [3.05, 3.63) is 42.2 Å². The molecule has 6 nitrogen and oxygen atoms in total. The van der Waals surface area contributed by atoms with Gasteiger partial charge >= 0.3 is 0 Å². The Morgan fingerprint density at radius 3 is 2.89 bits per heavy atom. The fourth-order valence-electron chi connectivity index (χ4n) is 2.29. The van der Waals surface area contributed by atoms with Crippen molar-refractivity contribution in [3.8, 4) is 0 Å². The highest BCUT2D eigenvalue weighted by molar-refractivity contribution is 5.77. The van der Waals surface area contributed by atoms with Crippen molar-refractivity contribution in [2.75, 3.05) is 0 Å². The van der Waals surface area contributed by atoms with Crippen LogP contribution >= 0.6 is 0 Å². The van der Waals surface area contributed by atoms with Gasteiger partial charge in [-0.15, -0.1) is 0 Å². The second kappa shape index (κ2) is 4.81. The number of aryl methyl sites for hydroxylation is 1. The van der Waals surface area contributed by atoms with Crippen molar-refractivity contribution < 1.29 is 0 Å². The highest BCUT2D eigenvalue weighted by Gasteiger charge is 2.10. The average molecular weight is 256 g/mol. The Balaban J connectivity index is 2.08. The van der Waals surface area contributed by atoms with Crippen molar-refractivity contribution in [3.63, 3.8) is 0 Å². The van der Waals surface area contributed by atoms with Gasteiger partial charge in [-0.3, -0.25) is 0 Å². The number of nitrogens with two attached hydrogens (primary N) is 1. The van der Waals surface area contributed by atoms with Gasteiger partial charge in [0.1, 0.15) is 25.0 Å². The molecule has 2 N–H and O–H groups in total. The number of imidazole rings is 1. The normalized spacial score (nSPS) is 11.3. The van der Waals surface area contributed by atoms with E-state index < -0.39 is 0 Å². The zero-order valence-electron chi connectivity index (χ0n) is 10.8. The lowest BCUT2D eigenvalue weighted by Gasteiger charge is -2.05. The van der Waals surface area contributed by atoms with Crippen LogP contribution in [0.25, 0.3) is 11.0 Å². The molecule has 3 aromatic rings. The molecule has 0 aliphatic rings. The van der Waals surface area contributed by atoms with Crippen molar-refractivity contribution in [1.29, 1.82) is 0 Å². The topological polar surface area (TPSA) is 74.5 Å². The first-order valence-corrected chi connectivity index (χ1v) is 6.32. The Kier molecular flexibility index (Phi) is 3.00. The van der Waals surface area contributed by atoms with E-state index >= 15 is 0 Å². The second-order valence-electron chi connectivity index (χ2n) is 4.39. The molecule has 0 atom stereocenters. The second-order valence-corrected chi connectivity index (χ2v) is 4.39. The summed E-state index contributed by atoms with van der Waals surface area (Å²) in [5.41, 5.74) is 8.89. The predicted molar refractivity (Wildman–Crippen MR) is 72.4 cm³/mol. The lowest BCUT2D eigenvalue weighted by Crippen LogP contribution is -2.08. The fourth-order valence-corrected chi connectivity index (χ4v) is 2.29. The van der Waals surface area contributed by atoms with E-state index in [2.05, 4.69) is 38.7 Å². The number of nitrogens with zero attached hydrogens (tertiary/aromatic N) is 5. The minimum absolute atomic E-state index is 0.535. The van der Waals surface area contributed by atoms with Crippen LogP contribution in [0.4, 0.5) is 0 Å². The summed E-state index contributed by atoms with van der Waals surface area (Å²) in [6.07, 6.45) is 3.23. The summed E-state index contributed by atoms with van der Waals surface area (Å²) in [4.78, 5) is 8.64. The molecule has 0 amide bonds. The van der Waals surface area contributed by atoms with Crippen molar-refractivity contribution in [2.45, 2.75) is 26.6 Å². The summed E-state index contributed by atoms with van der Waals surface area (Å²) in [5, 5.41) is 4.12. The standard InChI is InChI=1S/C13H16N6/c1-2-19-12-4-3-10(6-14)5-11(12)17-13(19)7-18-9-15-8-16-18/h3-5,8-9H,2,6-7,14H2,1H3. The van der Waals surface area contributed by atoms with E-state index in [0.717, 1.165) is 29.0 Å². The van der Waals surface area contributed by atoms with E-state index in [1.165, 1.54) is 6.33 Å². The molecule has 0 spiro atoms. The highest BCUT2D eigenvalue weighted by Crippen LogP contribution is 2.18. The smallest absolute Gasteiger partial charge is 0.137 e. The lowest BCUT2D eigenvalue weighted by atomic mass is 10.2. The highest BCUT2D eigenvalue weighted by atomic mass is 15.3. The molecule has 19 heavy (non-hydrogen) atoms. The molecule has 0 unspecified atom stereocenters. The molecule has 0 bridgehead atoms. The SMILES string of the molecule is CCn1c(Cn2cncn2)nc2cc(CN)ccc21. The largest absolute Gasteiger partial charge is 0.327 e. The molecule has 3 rings (SSSR count). The summed E-state index contributed by atoms with van der Waals surface area (Å²) < 4.78 is 3.97. The van der Waals surface area contributed by atoms with Crippen LogP contribution in [0.1, 0.15) is 18.3 Å². The van der Waals surface area contributed by atoms with Gasteiger partial charge in [0.15, 0.2) is 0 Å². The fraction of sp³-hybridized carbons (Fsp3) is 0.308. The summed E-state index contributed by atoms with van der Waals surface area (Å²) in [6, 6.07) is 6.18. The van der Waals surface area contributed by atoms with Gasteiger partial charge in [0.05, 0.1) is 11.0 Å². The number of benzene rings is 1. The molecule has 6 heteroatoms. The van der Waals surface area contributed by atoms with Gasteiger partial charge in [-0.2, -0.15) is 5.10 Å². The molecule has 1 aromatic carbocycles. The van der Waals surface area contributed by atoms with Gasteiger partial charge in [-0.1, -0.05) is 6.07 Å². The molecular weight excluding hydrogens is 240 g/mol. The van der Waals surface area contributed by atoms with Crippen LogP contribution < -0.4 is 5.73 Å². The minimum atomic E-state index is 0.535. The van der Waals surface area contributed by atoms with E-state index in [4.69, 9.17) is 5.73 Å². The number of aromatic nitrogens is 5. The first-order chi connectivity index (χ1) is 9.31. The third-order valence-corrected chi connectivity index (χ3v) is 3.21. The molecular formula is C13H16N6. The monoisotopic (exact) mass is 256 g/mol. The Labute approximate surface area is 110 Å². The minimum Gasteiger partial charge on any atom is -0.327 e. The predicted octanol–water partition coefficient (Wildman–Crippen LogP) is 1.15. The number of hydrogen-bond donors (Lipinski definition) is 1. The van der Waals surface area contributed by atoms with Crippen LogP contribution in [-0.2, 0) is 19.6 Å². The van der Waals surface area contributed by atoms with Gasteiger partial charge in [0.2, 0.25) is 0 Å². The Morgan fingerprint density at radius 2 is 2.21 bits per heavy atom. The quantitative estimate of drug-likeness (QED) is 0.760. The average Bonchev–Trinajstić information content (AvgIpc) is 3.05. The summed E-state index contributed by atoms with van der Waals surface area (Å²) in [5.74, 6) is 0.983. The van der Waals surface area contributed by atoms with Crippen molar-refractivity contribution in [2.24, 2.45) is 5.73 Å². The first kappa shape index (κ1) is 11.9. The Bertz CT molecular complexity index is 683. The maximum absolute atomic E-state index is 5.67. The van der Waals surface area contributed by atoms with Crippen molar-refractivity contribution in [1.82, 2.24) is 24.3 Å². The van der Waals surface area contributed by atoms with Gasteiger partial charge in [0.25, 0.3) is 0 Å². The number of fused-ring (bicyclic) bond motifs is 1. The van der Waals surface area contributed by atoms with Crippen LogP contribution in [0.15, 0.2) is 30.9 Å². The molecule has 0 radical (unpaired) electrons. The van der Waals surface area contributed by atoms with E-state index in [-0.39, 0.29) is 0 Å². The third kappa shape index (κ3) is 2.10. The van der Waals surface area contributed by atoms with Crippen molar-refractivity contribution >= 4 is 11.0 Å². The van der Waals surface area contributed by atoms with Crippen LogP contribution in [-0.4, -0.2) is 24.3 Å². The number of rotatable bonds is 4. The molecule has 2 heterocycles. The van der Waals surface area contributed by atoms with Gasteiger partial charge in [-0.25, -0.2) is 14.6 Å². The third-order valence-electron chi connectivity index (χ3n) is 3.21. The van der Waals surface area contributed by atoms with Crippen LogP contribution in [0.3, 0.4) is 0 Å². The van der Waals surface area contributed by atoms with E-state index in [0.29, 0.717) is 13.1 Å². The Morgan fingerprint density at radius 1 is 1.32 bits per heavy atom. The number of hydrogen-bond acceptors (Lipinski definition) is 4. The van der Waals surface area contributed by atoms with E-state index in [1.807, 2.05) is 6.07 Å². The van der Waals surface area contributed by atoms with Crippen LogP contribution in [0, 0.1) is 0 Å². The summed E-state index contributed by atoms with van der Waals surface area (Å²) in [7, 11) is 0. The molecule has 0 aliphatic carbocycles. The molecule has 0 fully saturated rings.